The first kappa shape index (κ1) is 15.5. The Bertz CT molecular complexity index is 769. The highest BCUT2D eigenvalue weighted by molar-refractivity contribution is 6.42. The Balaban J connectivity index is 2.76. The van der Waals surface area contributed by atoms with E-state index < -0.39 is 11.8 Å². The molecule has 0 amide bonds. The summed E-state index contributed by atoms with van der Waals surface area (Å²) in [5.41, 5.74) is 1.05. The fourth-order valence-electron chi connectivity index (χ4n) is 2.24. The molecule has 7 heteroatoms. The number of ketones is 1. The fourth-order valence-corrected chi connectivity index (χ4v) is 2.24. The van der Waals surface area contributed by atoms with E-state index in [0.29, 0.717) is 29.6 Å². The van der Waals surface area contributed by atoms with E-state index >= 15 is 0 Å². The third kappa shape index (κ3) is 2.51. The molecule has 2 rings (SSSR count). The second kappa shape index (κ2) is 6.26. The molecular weight excluding hydrogens is 284 g/mol. The Morgan fingerprint density at radius 3 is 2.59 bits per heavy atom. The summed E-state index contributed by atoms with van der Waals surface area (Å²) in [6.07, 6.45) is 0. The molecule has 114 valence electrons. The Morgan fingerprint density at radius 2 is 2.05 bits per heavy atom. The summed E-state index contributed by atoms with van der Waals surface area (Å²) in [7, 11) is 1.15. The van der Waals surface area contributed by atoms with E-state index in [1.807, 2.05) is 24.9 Å². The molecule has 1 aromatic carbocycles. The van der Waals surface area contributed by atoms with E-state index in [9.17, 15) is 9.59 Å². The molecule has 0 aliphatic carbocycles. The summed E-state index contributed by atoms with van der Waals surface area (Å²) in [5.74, 6) is -1.75. The molecule has 2 aromatic rings. The lowest BCUT2D eigenvalue weighted by atomic mass is 10.1. The number of hydrogen-bond acceptors (Lipinski definition) is 6. The highest BCUT2D eigenvalue weighted by Crippen LogP contribution is 2.21. The zero-order chi connectivity index (χ0) is 16.3. The van der Waals surface area contributed by atoms with Crippen molar-refractivity contribution in [2.45, 2.75) is 13.8 Å². The molecule has 0 unspecified atom stereocenters. The van der Waals surface area contributed by atoms with E-state index in [2.05, 4.69) is 9.84 Å². The standard InChI is InChI=1S/C15H16N4O3/c1-4-18(5-2)19-13(14(20)15(21)22-3)11-8-10(9-16)6-7-12(11)17-19/h6-8H,4-5H2,1-3H3. The Kier molecular flexibility index (Phi) is 4.41. The molecule has 0 aliphatic heterocycles. The molecule has 22 heavy (non-hydrogen) atoms. The third-order valence-corrected chi connectivity index (χ3v) is 3.37. The Morgan fingerprint density at radius 1 is 1.36 bits per heavy atom. The smallest absolute Gasteiger partial charge is 0.381 e. The predicted molar refractivity (Wildman–Crippen MR) is 80.1 cm³/mol. The van der Waals surface area contributed by atoms with E-state index in [4.69, 9.17) is 5.26 Å². The number of nitriles is 1. The minimum atomic E-state index is -0.961. The lowest BCUT2D eigenvalue weighted by Crippen LogP contribution is -2.38. The number of carbonyl (C=O) groups is 2. The van der Waals surface area contributed by atoms with E-state index in [1.54, 1.807) is 18.2 Å². The van der Waals surface area contributed by atoms with Gasteiger partial charge < -0.3 is 4.74 Å². The number of Topliss-reactive ketones (excluding diaryl/α,β-unsaturated/α-hetero) is 1. The summed E-state index contributed by atoms with van der Waals surface area (Å²) in [5, 5.41) is 15.7. The van der Waals surface area contributed by atoms with Crippen LogP contribution in [0.2, 0.25) is 0 Å². The van der Waals surface area contributed by atoms with E-state index in [-0.39, 0.29) is 5.69 Å². The number of carbonyl (C=O) groups excluding carboxylic acids is 2. The van der Waals surface area contributed by atoms with Crippen LogP contribution >= 0.6 is 0 Å². The maximum atomic E-state index is 12.4. The quantitative estimate of drug-likeness (QED) is 0.469. The lowest BCUT2D eigenvalue weighted by Gasteiger charge is -2.22. The number of esters is 1. The van der Waals surface area contributed by atoms with Crippen molar-refractivity contribution < 1.29 is 14.3 Å². The first-order chi connectivity index (χ1) is 10.6. The maximum absolute atomic E-state index is 12.4. The topological polar surface area (TPSA) is 88.2 Å². The minimum absolute atomic E-state index is 0.114. The Labute approximate surface area is 127 Å². The summed E-state index contributed by atoms with van der Waals surface area (Å²) in [6, 6.07) is 6.84. The molecule has 0 saturated heterocycles. The van der Waals surface area contributed by atoms with Gasteiger partial charge in [0.25, 0.3) is 5.78 Å². The van der Waals surface area contributed by atoms with Gasteiger partial charge in [0.2, 0.25) is 0 Å². The molecule has 0 aliphatic rings. The van der Waals surface area contributed by atoms with Crippen LogP contribution < -0.4 is 5.01 Å². The molecule has 0 spiro atoms. The van der Waals surface area contributed by atoms with Gasteiger partial charge in [-0.25, -0.2) is 4.79 Å². The third-order valence-electron chi connectivity index (χ3n) is 3.37. The van der Waals surface area contributed by atoms with Crippen molar-refractivity contribution in [2.24, 2.45) is 0 Å². The highest BCUT2D eigenvalue weighted by Gasteiger charge is 2.27. The number of fused-ring (bicyclic) bond motifs is 1. The van der Waals surface area contributed by atoms with Gasteiger partial charge >= 0.3 is 5.97 Å². The van der Waals surface area contributed by atoms with Gasteiger partial charge in [-0.2, -0.15) is 15.2 Å². The molecular formula is C15H16N4O3. The van der Waals surface area contributed by atoms with Crippen molar-refractivity contribution in [1.29, 1.82) is 5.26 Å². The van der Waals surface area contributed by atoms with Crippen LogP contribution in [-0.2, 0) is 9.53 Å². The van der Waals surface area contributed by atoms with Crippen LogP contribution in [-0.4, -0.2) is 41.8 Å². The average molecular weight is 300 g/mol. The van der Waals surface area contributed by atoms with Crippen molar-refractivity contribution >= 4 is 22.7 Å². The lowest BCUT2D eigenvalue weighted by molar-refractivity contribution is -0.135. The van der Waals surface area contributed by atoms with Gasteiger partial charge in [-0.15, -0.1) is 0 Å². The first-order valence-electron chi connectivity index (χ1n) is 6.88. The number of ether oxygens (including phenoxy) is 1. The monoisotopic (exact) mass is 300 g/mol. The summed E-state index contributed by atoms with van der Waals surface area (Å²) in [6.45, 7) is 5.06. The van der Waals surface area contributed by atoms with Crippen LogP contribution in [0.4, 0.5) is 0 Å². The molecule has 7 nitrogen and oxygen atoms in total. The van der Waals surface area contributed by atoms with E-state index in [1.165, 1.54) is 4.79 Å². The second-order valence-corrected chi connectivity index (χ2v) is 4.54. The minimum Gasteiger partial charge on any atom is -0.463 e. The average Bonchev–Trinajstić information content (AvgIpc) is 2.92. The molecule has 0 fully saturated rings. The van der Waals surface area contributed by atoms with Crippen LogP contribution in [0.5, 0.6) is 0 Å². The van der Waals surface area contributed by atoms with Gasteiger partial charge in [-0.05, 0) is 32.0 Å². The largest absolute Gasteiger partial charge is 0.463 e. The van der Waals surface area contributed by atoms with Gasteiger partial charge in [0.15, 0.2) is 0 Å². The number of methoxy groups -OCH3 is 1. The summed E-state index contributed by atoms with van der Waals surface area (Å²) >= 11 is 0. The summed E-state index contributed by atoms with van der Waals surface area (Å²) in [4.78, 5) is 25.4. The molecule has 0 radical (unpaired) electrons. The number of hydrogen-bond donors (Lipinski definition) is 0. The van der Waals surface area contributed by atoms with Gasteiger partial charge in [-0.3, -0.25) is 9.80 Å². The van der Waals surface area contributed by atoms with Gasteiger partial charge in [0, 0.05) is 18.5 Å². The SMILES string of the molecule is CCN(CC)n1nc2ccc(C#N)cc2c1C(=O)C(=O)OC. The molecule has 0 N–H and O–H groups in total. The predicted octanol–water partition coefficient (Wildman–Crippen LogP) is 1.24. The fraction of sp³-hybridized carbons (Fsp3) is 0.333. The normalized spacial score (nSPS) is 10.3. The zero-order valence-electron chi connectivity index (χ0n) is 12.7. The van der Waals surface area contributed by atoms with Gasteiger partial charge in [-0.1, -0.05) is 0 Å². The number of benzene rings is 1. The van der Waals surface area contributed by atoms with Crippen LogP contribution in [0.3, 0.4) is 0 Å². The first-order valence-corrected chi connectivity index (χ1v) is 6.88. The molecule has 0 bridgehead atoms. The van der Waals surface area contributed by atoms with Crippen molar-refractivity contribution in [2.75, 3.05) is 25.2 Å². The second-order valence-electron chi connectivity index (χ2n) is 4.54. The molecule has 1 aromatic heterocycles. The molecule has 0 atom stereocenters. The van der Waals surface area contributed by atoms with Crippen molar-refractivity contribution in [3.63, 3.8) is 0 Å². The van der Waals surface area contributed by atoms with Gasteiger partial charge in [0.1, 0.15) is 5.69 Å². The number of aromatic nitrogens is 2. The van der Waals surface area contributed by atoms with Crippen molar-refractivity contribution in [3.05, 3.63) is 29.5 Å². The van der Waals surface area contributed by atoms with Crippen molar-refractivity contribution in [3.8, 4) is 6.07 Å². The van der Waals surface area contributed by atoms with Gasteiger partial charge in [0.05, 0.1) is 24.3 Å². The highest BCUT2D eigenvalue weighted by atomic mass is 16.5. The zero-order valence-corrected chi connectivity index (χ0v) is 12.7. The van der Waals surface area contributed by atoms with Crippen molar-refractivity contribution in [1.82, 2.24) is 9.89 Å². The Hall–Kier alpha value is -2.88. The van der Waals surface area contributed by atoms with Crippen LogP contribution in [0.25, 0.3) is 10.9 Å². The molecule has 1 heterocycles. The molecule has 0 saturated carbocycles. The number of nitrogens with zero attached hydrogens (tertiary/aromatic N) is 4. The van der Waals surface area contributed by atoms with Crippen LogP contribution in [0.1, 0.15) is 29.9 Å². The summed E-state index contributed by atoms with van der Waals surface area (Å²) < 4.78 is 4.53. The van der Waals surface area contributed by atoms with Crippen LogP contribution in [0.15, 0.2) is 18.2 Å². The maximum Gasteiger partial charge on any atom is 0.381 e. The van der Waals surface area contributed by atoms with E-state index in [0.717, 1.165) is 7.11 Å². The van der Waals surface area contributed by atoms with Crippen LogP contribution in [0, 0.1) is 11.3 Å². The number of rotatable bonds is 5.